The molecule has 5 heteroatoms. The molecule has 120 valence electrons. The summed E-state index contributed by atoms with van der Waals surface area (Å²) < 4.78 is 13.1. The lowest BCUT2D eigenvalue weighted by Gasteiger charge is -2.20. The summed E-state index contributed by atoms with van der Waals surface area (Å²) in [6, 6.07) is 13.2. The third kappa shape index (κ3) is 4.46. The summed E-state index contributed by atoms with van der Waals surface area (Å²) >= 11 is 5.90. The molecule has 0 aliphatic carbocycles. The van der Waals surface area contributed by atoms with Crippen LogP contribution in [0.3, 0.4) is 0 Å². The van der Waals surface area contributed by atoms with E-state index in [9.17, 15) is 5.26 Å². The minimum Gasteiger partial charge on any atom is -0.335 e. The number of ether oxygens (including phenoxy) is 2. The van der Waals surface area contributed by atoms with Gasteiger partial charge in [-0.1, -0.05) is 23.7 Å². The quantitative estimate of drug-likeness (QED) is 0.544. The second-order valence-corrected chi connectivity index (χ2v) is 5.17. The first kappa shape index (κ1) is 17.3. The molecule has 0 saturated heterocycles. The van der Waals surface area contributed by atoms with Gasteiger partial charge in [0.1, 0.15) is 0 Å². The van der Waals surface area contributed by atoms with Gasteiger partial charge in [-0.15, -0.1) is 0 Å². The Morgan fingerprint density at radius 3 is 2.43 bits per heavy atom. The highest BCUT2D eigenvalue weighted by molar-refractivity contribution is 6.30. The van der Waals surface area contributed by atoms with Crippen LogP contribution in [0.15, 0.2) is 42.6 Å². The third-order valence-electron chi connectivity index (χ3n) is 3.23. The van der Waals surface area contributed by atoms with Gasteiger partial charge in [-0.2, -0.15) is 5.26 Å². The maximum atomic E-state index is 9.46. The fourth-order valence-corrected chi connectivity index (χ4v) is 2.30. The Kier molecular flexibility index (Phi) is 6.42. The van der Waals surface area contributed by atoms with Gasteiger partial charge in [-0.25, -0.2) is 0 Å². The van der Waals surface area contributed by atoms with Crippen LogP contribution in [0, 0.1) is 11.3 Å². The van der Waals surface area contributed by atoms with Crippen LogP contribution in [-0.4, -0.2) is 17.8 Å². The van der Waals surface area contributed by atoms with Gasteiger partial charge in [-0.3, -0.25) is 4.57 Å². The highest BCUT2D eigenvalue weighted by atomic mass is 35.5. The molecule has 2 rings (SSSR count). The average Bonchev–Trinajstić information content (AvgIpc) is 3.01. The number of benzene rings is 1. The van der Waals surface area contributed by atoms with Crippen molar-refractivity contribution < 1.29 is 9.47 Å². The van der Waals surface area contributed by atoms with Crippen molar-refractivity contribution in [1.82, 2.24) is 4.57 Å². The zero-order chi connectivity index (χ0) is 16.7. The topological polar surface area (TPSA) is 47.2 Å². The van der Waals surface area contributed by atoms with Gasteiger partial charge < -0.3 is 9.47 Å². The molecule has 0 N–H and O–H groups in total. The number of halogens is 1. The van der Waals surface area contributed by atoms with E-state index in [1.54, 1.807) is 12.1 Å². The van der Waals surface area contributed by atoms with Crippen molar-refractivity contribution in [3.63, 3.8) is 0 Å². The Morgan fingerprint density at radius 2 is 1.87 bits per heavy atom. The molecule has 0 bridgehead atoms. The molecule has 0 fully saturated rings. The number of rotatable bonds is 7. The van der Waals surface area contributed by atoms with Crippen molar-refractivity contribution in [2.75, 3.05) is 13.2 Å². The molecular formula is C18H19ClN2O2. The van der Waals surface area contributed by atoms with Crippen molar-refractivity contribution in [2.45, 2.75) is 20.3 Å². The van der Waals surface area contributed by atoms with E-state index in [0.29, 0.717) is 23.8 Å². The lowest BCUT2D eigenvalue weighted by molar-refractivity contribution is -0.186. The van der Waals surface area contributed by atoms with Gasteiger partial charge in [0.25, 0.3) is 0 Å². The zero-order valence-corrected chi connectivity index (χ0v) is 14.0. The Morgan fingerprint density at radius 1 is 1.22 bits per heavy atom. The lowest BCUT2D eigenvalue weighted by Crippen LogP contribution is -2.17. The van der Waals surface area contributed by atoms with E-state index in [1.807, 2.05) is 55.0 Å². The van der Waals surface area contributed by atoms with Gasteiger partial charge in [-0.05, 0) is 49.8 Å². The monoisotopic (exact) mass is 330 g/mol. The third-order valence-corrected chi connectivity index (χ3v) is 3.48. The van der Waals surface area contributed by atoms with E-state index in [-0.39, 0.29) is 0 Å². The van der Waals surface area contributed by atoms with Crippen LogP contribution < -0.4 is 0 Å². The number of nitriles is 1. The van der Waals surface area contributed by atoms with Crippen LogP contribution in [0.2, 0.25) is 5.02 Å². The minimum atomic E-state index is -0.503. The second kappa shape index (κ2) is 8.54. The first-order chi connectivity index (χ1) is 11.2. The smallest absolute Gasteiger partial charge is 0.244 e. The number of hydrogen-bond donors (Lipinski definition) is 0. The van der Waals surface area contributed by atoms with Gasteiger partial charge in [0.15, 0.2) is 0 Å². The molecule has 4 nitrogen and oxygen atoms in total. The molecule has 0 unspecified atom stereocenters. The predicted octanol–water partition coefficient (Wildman–Crippen LogP) is 4.73. The van der Waals surface area contributed by atoms with E-state index < -0.39 is 6.41 Å². The summed E-state index contributed by atoms with van der Waals surface area (Å²) in [5.41, 5.74) is 2.20. The summed E-state index contributed by atoms with van der Waals surface area (Å²) in [7, 11) is 0. The van der Waals surface area contributed by atoms with E-state index >= 15 is 0 Å². The van der Waals surface area contributed by atoms with E-state index in [0.717, 1.165) is 11.3 Å². The van der Waals surface area contributed by atoms with E-state index in [1.165, 1.54) is 0 Å². The van der Waals surface area contributed by atoms with Gasteiger partial charge >= 0.3 is 0 Å². The predicted molar refractivity (Wildman–Crippen MR) is 91.7 cm³/mol. The number of allylic oxidation sites excluding steroid dienone is 1. The summed E-state index contributed by atoms with van der Waals surface area (Å²) in [6.07, 6.45) is 3.18. The minimum absolute atomic E-state index is 0.503. The largest absolute Gasteiger partial charge is 0.335 e. The summed E-state index contributed by atoms with van der Waals surface area (Å²) in [5, 5.41) is 10.1. The first-order valence-electron chi connectivity index (χ1n) is 7.47. The van der Waals surface area contributed by atoms with Crippen molar-refractivity contribution in [2.24, 2.45) is 0 Å². The van der Waals surface area contributed by atoms with E-state index in [2.05, 4.69) is 6.07 Å². The van der Waals surface area contributed by atoms with Crippen LogP contribution >= 0.6 is 11.6 Å². The van der Waals surface area contributed by atoms with Crippen molar-refractivity contribution >= 4 is 23.3 Å². The average molecular weight is 331 g/mol. The van der Waals surface area contributed by atoms with Crippen LogP contribution in [0.25, 0.3) is 11.6 Å². The lowest BCUT2D eigenvalue weighted by atomic mass is 10.1. The van der Waals surface area contributed by atoms with Crippen molar-refractivity contribution in [3.05, 3.63) is 58.9 Å². The molecule has 0 aliphatic heterocycles. The molecular weight excluding hydrogens is 312 g/mol. The molecule has 1 aromatic carbocycles. The molecule has 1 heterocycles. The van der Waals surface area contributed by atoms with Crippen LogP contribution in [0.5, 0.6) is 0 Å². The molecule has 0 aliphatic rings. The van der Waals surface area contributed by atoms with Gasteiger partial charge in [0.2, 0.25) is 6.41 Å². The summed E-state index contributed by atoms with van der Waals surface area (Å²) in [5.74, 6) is 0. The molecule has 2 aromatic rings. The molecule has 23 heavy (non-hydrogen) atoms. The second-order valence-electron chi connectivity index (χ2n) is 4.73. The molecule has 0 atom stereocenters. The van der Waals surface area contributed by atoms with Crippen molar-refractivity contribution in [3.8, 4) is 6.07 Å². The maximum Gasteiger partial charge on any atom is 0.244 e. The maximum absolute atomic E-state index is 9.46. The van der Waals surface area contributed by atoms with E-state index in [4.69, 9.17) is 21.1 Å². The highest BCUT2D eigenvalue weighted by Crippen LogP contribution is 2.22. The molecule has 0 spiro atoms. The SMILES string of the molecule is CCOC(OCC)n1cccc1/C=C(\C#N)c1ccc(Cl)cc1. The number of hydrogen-bond acceptors (Lipinski definition) is 3. The number of aromatic nitrogens is 1. The Hall–Kier alpha value is -2.06. The highest BCUT2D eigenvalue weighted by Gasteiger charge is 2.13. The normalized spacial score (nSPS) is 11.7. The van der Waals surface area contributed by atoms with Crippen LogP contribution in [-0.2, 0) is 9.47 Å². The fraction of sp³-hybridized carbons (Fsp3) is 0.278. The van der Waals surface area contributed by atoms with Crippen LogP contribution in [0.4, 0.5) is 0 Å². The van der Waals surface area contributed by atoms with Crippen molar-refractivity contribution in [1.29, 1.82) is 5.26 Å². The molecule has 1 aromatic heterocycles. The summed E-state index contributed by atoms with van der Waals surface area (Å²) in [6.45, 7) is 4.90. The standard InChI is InChI=1S/C18H19ClN2O2/c1-3-22-18(23-4-2)21-11-5-6-17(21)12-15(13-20)14-7-9-16(19)10-8-14/h5-12,18H,3-4H2,1-2H3/b15-12+. The van der Waals surface area contributed by atoms with Gasteiger partial charge in [0, 0.05) is 30.1 Å². The Bertz CT molecular complexity index is 693. The number of nitrogens with zero attached hydrogens (tertiary/aromatic N) is 2. The Balaban J connectivity index is 2.36. The fourth-order valence-electron chi connectivity index (χ4n) is 2.17. The zero-order valence-electron chi connectivity index (χ0n) is 13.2. The molecule has 0 saturated carbocycles. The van der Waals surface area contributed by atoms with Crippen LogP contribution in [0.1, 0.15) is 31.5 Å². The molecule has 0 amide bonds. The Labute approximate surface area is 141 Å². The molecule has 0 radical (unpaired) electrons. The summed E-state index contributed by atoms with van der Waals surface area (Å²) in [4.78, 5) is 0. The van der Waals surface area contributed by atoms with Gasteiger partial charge in [0.05, 0.1) is 11.6 Å². The first-order valence-corrected chi connectivity index (χ1v) is 7.85.